The van der Waals surface area contributed by atoms with Crippen LogP contribution in [0, 0.1) is 5.92 Å². The van der Waals surface area contributed by atoms with E-state index in [9.17, 15) is 0 Å². The molecule has 0 saturated carbocycles. The molecule has 1 aromatic heterocycles. The van der Waals surface area contributed by atoms with Gasteiger partial charge in [-0.25, -0.2) is 0 Å². The van der Waals surface area contributed by atoms with Gasteiger partial charge in [-0.1, -0.05) is 46.5 Å². The molecule has 0 atom stereocenters. The molecule has 110 valence electrons. The molecule has 1 rings (SSSR count). The lowest BCUT2D eigenvalue weighted by atomic mass is 10.0. The highest BCUT2D eigenvalue weighted by Crippen LogP contribution is 2.09. The highest BCUT2D eigenvalue weighted by Gasteiger charge is 2.04. The average Bonchev–Trinajstić information content (AvgIpc) is 2.72. The molecule has 0 unspecified atom stereocenters. The van der Waals surface area contributed by atoms with Crippen molar-refractivity contribution in [3.63, 3.8) is 0 Å². The molecule has 3 nitrogen and oxygen atoms in total. The fourth-order valence-electron chi connectivity index (χ4n) is 2.41. The summed E-state index contributed by atoms with van der Waals surface area (Å²) >= 11 is 0. The van der Waals surface area contributed by atoms with Crippen LogP contribution < -0.4 is 5.32 Å². The average molecular weight is 265 g/mol. The summed E-state index contributed by atoms with van der Waals surface area (Å²) in [5.74, 6) is 0.858. The summed E-state index contributed by atoms with van der Waals surface area (Å²) in [5, 5.41) is 8.00. The van der Waals surface area contributed by atoms with Gasteiger partial charge in [-0.05, 0) is 25.3 Å². The van der Waals surface area contributed by atoms with Gasteiger partial charge in [0, 0.05) is 25.4 Å². The first-order valence-electron chi connectivity index (χ1n) is 7.85. The first-order valence-corrected chi connectivity index (χ1v) is 7.85. The van der Waals surface area contributed by atoms with E-state index in [0.29, 0.717) is 0 Å². The predicted molar refractivity (Wildman–Crippen MR) is 82.2 cm³/mol. The third kappa shape index (κ3) is 6.76. The Morgan fingerprint density at radius 3 is 2.63 bits per heavy atom. The van der Waals surface area contributed by atoms with E-state index in [1.807, 2.05) is 11.7 Å². The van der Waals surface area contributed by atoms with Crippen molar-refractivity contribution < 1.29 is 0 Å². The van der Waals surface area contributed by atoms with Crippen LogP contribution in [0.15, 0.2) is 6.20 Å². The molecule has 0 radical (unpaired) electrons. The smallest absolute Gasteiger partial charge is 0.0666 e. The number of unbranched alkanes of at least 4 members (excludes halogenated alkanes) is 3. The molecule has 0 aliphatic heterocycles. The van der Waals surface area contributed by atoms with Gasteiger partial charge in [0.1, 0.15) is 0 Å². The molecule has 1 N–H and O–H groups in total. The van der Waals surface area contributed by atoms with E-state index in [4.69, 9.17) is 0 Å². The third-order valence-corrected chi connectivity index (χ3v) is 3.53. The zero-order valence-corrected chi connectivity index (χ0v) is 13.2. The van der Waals surface area contributed by atoms with Crippen LogP contribution in [0.4, 0.5) is 0 Å². The van der Waals surface area contributed by atoms with E-state index >= 15 is 0 Å². The molecule has 0 saturated heterocycles. The highest BCUT2D eigenvalue weighted by molar-refractivity contribution is 5.16. The van der Waals surface area contributed by atoms with Crippen molar-refractivity contribution in [3.05, 3.63) is 17.5 Å². The molecule has 0 spiro atoms. The number of aryl methyl sites for hydroxylation is 2. The molecular formula is C16H31N3. The minimum atomic E-state index is 0.858. The molecule has 0 fully saturated rings. The zero-order valence-electron chi connectivity index (χ0n) is 13.2. The molecule has 0 amide bonds. The Hall–Kier alpha value is -0.830. The van der Waals surface area contributed by atoms with Crippen LogP contribution in [0.2, 0.25) is 0 Å². The summed E-state index contributed by atoms with van der Waals surface area (Å²) in [7, 11) is 2.00. The summed E-state index contributed by atoms with van der Waals surface area (Å²) < 4.78 is 1.92. The quantitative estimate of drug-likeness (QED) is 0.654. The number of rotatable bonds is 10. The van der Waals surface area contributed by atoms with Crippen molar-refractivity contribution in [2.45, 2.75) is 65.8 Å². The van der Waals surface area contributed by atoms with Crippen LogP contribution in [0.1, 0.15) is 64.1 Å². The van der Waals surface area contributed by atoms with Gasteiger partial charge in [-0.2, -0.15) is 5.10 Å². The minimum Gasteiger partial charge on any atom is -0.313 e. The van der Waals surface area contributed by atoms with E-state index in [-0.39, 0.29) is 0 Å². The molecule has 19 heavy (non-hydrogen) atoms. The van der Waals surface area contributed by atoms with Crippen molar-refractivity contribution in [1.82, 2.24) is 15.1 Å². The molecule has 3 heteroatoms. The van der Waals surface area contributed by atoms with Crippen molar-refractivity contribution in [3.8, 4) is 0 Å². The van der Waals surface area contributed by atoms with Crippen LogP contribution >= 0.6 is 0 Å². The Bertz CT molecular complexity index is 342. The van der Waals surface area contributed by atoms with Gasteiger partial charge in [0.05, 0.1) is 5.69 Å². The van der Waals surface area contributed by atoms with Gasteiger partial charge in [0.2, 0.25) is 0 Å². The summed E-state index contributed by atoms with van der Waals surface area (Å²) in [4.78, 5) is 0. The summed E-state index contributed by atoms with van der Waals surface area (Å²) in [6, 6.07) is 0. The lowest BCUT2D eigenvalue weighted by Gasteiger charge is -2.06. The Balaban J connectivity index is 2.04. The maximum atomic E-state index is 4.46. The van der Waals surface area contributed by atoms with E-state index < -0.39 is 0 Å². The van der Waals surface area contributed by atoms with E-state index in [2.05, 4.69) is 37.4 Å². The number of hydrogen-bond acceptors (Lipinski definition) is 2. The van der Waals surface area contributed by atoms with E-state index in [1.54, 1.807) is 0 Å². The Kier molecular flexibility index (Phi) is 7.80. The number of hydrogen-bond donors (Lipinski definition) is 1. The third-order valence-electron chi connectivity index (χ3n) is 3.53. The molecule has 1 aromatic rings. The van der Waals surface area contributed by atoms with Crippen molar-refractivity contribution in [2.24, 2.45) is 13.0 Å². The Morgan fingerprint density at radius 2 is 1.95 bits per heavy atom. The van der Waals surface area contributed by atoms with E-state index in [1.165, 1.54) is 43.4 Å². The van der Waals surface area contributed by atoms with Crippen LogP contribution in [0.5, 0.6) is 0 Å². The normalized spacial score (nSPS) is 11.4. The second-order valence-electron chi connectivity index (χ2n) is 5.90. The van der Waals surface area contributed by atoms with Crippen molar-refractivity contribution in [2.75, 3.05) is 6.54 Å². The Labute approximate surface area is 118 Å². The molecule has 0 aromatic carbocycles. The maximum absolute atomic E-state index is 4.46. The molecule has 1 heterocycles. The first kappa shape index (κ1) is 16.2. The molecule has 0 bridgehead atoms. The van der Waals surface area contributed by atoms with Crippen molar-refractivity contribution in [1.29, 1.82) is 0 Å². The SMILES string of the molecule is CCc1nn(C)cc1CNCCCCCCC(C)C. The second kappa shape index (κ2) is 9.13. The number of aromatic nitrogens is 2. The van der Waals surface area contributed by atoms with E-state index in [0.717, 1.165) is 25.4 Å². The molecule has 0 aliphatic carbocycles. The van der Waals surface area contributed by atoms with Gasteiger partial charge in [0.15, 0.2) is 0 Å². The first-order chi connectivity index (χ1) is 9.13. The lowest BCUT2D eigenvalue weighted by Crippen LogP contribution is -2.15. The van der Waals surface area contributed by atoms with Crippen LogP contribution in [-0.2, 0) is 20.0 Å². The summed E-state index contributed by atoms with van der Waals surface area (Å²) in [5.41, 5.74) is 2.58. The zero-order chi connectivity index (χ0) is 14.1. The van der Waals surface area contributed by atoms with Gasteiger partial charge >= 0.3 is 0 Å². The van der Waals surface area contributed by atoms with Crippen LogP contribution in [0.25, 0.3) is 0 Å². The predicted octanol–water partition coefficient (Wildman–Crippen LogP) is 3.68. The lowest BCUT2D eigenvalue weighted by molar-refractivity contribution is 0.512. The minimum absolute atomic E-state index is 0.858. The standard InChI is InChI=1S/C16H31N3/c1-5-16-15(13-19(4)18-16)12-17-11-9-7-6-8-10-14(2)3/h13-14,17H,5-12H2,1-4H3. The summed E-state index contributed by atoms with van der Waals surface area (Å²) in [6.07, 6.45) is 9.95. The Morgan fingerprint density at radius 1 is 1.21 bits per heavy atom. The van der Waals surface area contributed by atoms with Gasteiger partial charge in [0.25, 0.3) is 0 Å². The highest BCUT2D eigenvalue weighted by atomic mass is 15.3. The van der Waals surface area contributed by atoms with Crippen LogP contribution in [0.3, 0.4) is 0 Å². The topological polar surface area (TPSA) is 29.9 Å². The van der Waals surface area contributed by atoms with Gasteiger partial charge in [-0.15, -0.1) is 0 Å². The number of nitrogens with zero attached hydrogens (tertiary/aromatic N) is 2. The van der Waals surface area contributed by atoms with Crippen molar-refractivity contribution >= 4 is 0 Å². The fraction of sp³-hybridized carbons (Fsp3) is 0.812. The summed E-state index contributed by atoms with van der Waals surface area (Å²) in [6.45, 7) is 8.87. The van der Waals surface area contributed by atoms with Gasteiger partial charge < -0.3 is 5.32 Å². The largest absolute Gasteiger partial charge is 0.313 e. The number of nitrogens with one attached hydrogen (secondary N) is 1. The molecular weight excluding hydrogens is 234 g/mol. The maximum Gasteiger partial charge on any atom is 0.0666 e. The van der Waals surface area contributed by atoms with Crippen LogP contribution in [-0.4, -0.2) is 16.3 Å². The fourth-order valence-corrected chi connectivity index (χ4v) is 2.41. The second-order valence-corrected chi connectivity index (χ2v) is 5.90. The monoisotopic (exact) mass is 265 g/mol. The van der Waals surface area contributed by atoms with Gasteiger partial charge in [-0.3, -0.25) is 4.68 Å². The molecule has 0 aliphatic rings.